The van der Waals surface area contributed by atoms with Gasteiger partial charge in [-0.1, -0.05) is 0 Å². The molecule has 1 aromatic carbocycles. The Morgan fingerprint density at radius 3 is 2.90 bits per heavy atom. The van der Waals surface area contributed by atoms with Crippen molar-refractivity contribution in [3.63, 3.8) is 0 Å². The maximum absolute atomic E-state index is 12.7. The van der Waals surface area contributed by atoms with E-state index in [1.807, 2.05) is 36.9 Å². The number of anilines is 1. The number of piperidine rings is 1. The minimum Gasteiger partial charge on any atom is -0.385 e. The van der Waals surface area contributed by atoms with E-state index in [2.05, 4.69) is 12.2 Å². The Morgan fingerprint density at radius 1 is 1.43 bits per heavy atom. The highest BCUT2D eigenvalue weighted by Gasteiger charge is 2.25. The minimum absolute atomic E-state index is 0.125. The Bertz CT molecular complexity index is 486. The molecule has 116 valence electrons. The molecule has 1 aromatic rings. The fourth-order valence-corrected chi connectivity index (χ4v) is 2.88. The van der Waals surface area contributed by atoms with E-state index in [0.29, 0.717) is 13.2 Å². The van der Waals surface area contributed by atoms with Crippen molar-refractivity contribution in [1.29, 1.82) is 0 Å². The lowest BCUT2D eigenvalue weighted by molar-refractivity contribution is 0.00721. The third kappa shape index (κ3) is 3.97. The molecule has 1 aliphatic heterocycles. The van der Waals surface area contributed by atoms with Gasteiger partial charge in [-0.3, -0.25) is 4.79 Å². The zero-order valence-corrected chi connectivity index (χ0v) is 13.3. The quantitative estimate of drug-likeness (QED) is 0.906. The summed E-state index contributed by atoms with van der Waals surface area (Å²) >= 11 is 0. The third-order valence-corrected chi connectivity index (χ3v) is 3.91. The fourth-order valence-electron chi connectivity index (χ4n) is 2.88. The van der Waals surface area contributed by atoms with Gasteiger partial charge in [0.1, 0.15) is 0 Å². The summed E-state index contributed by atoms with van der Waals surface area (Å²) < 4.78 is 5.68. The molecule has 21 heavy (non-hydrogen) atoms. The number of aryl methyl sites for hydroxylation is 1. The first kappa shape index (κ1) is 15.8. The van der Waals surface area contributed by atoms with Crippen LogP contribution in [-0.4, -0.2) is 43.2 Å². The van der Waals surface area contributed by atoms with Crippen LogP contribution in [0.15, 0.2) is 18.2 Å². The second-order valence-electron chi connectivity index (χ2n) is 5.53. The zero-order valence-electron chi connectivity index (χ0n) is 13.3. The maximum atomic E-state index is 12.7. The molecule has 0 aliphatic carbocycles. The SMILES string of the molecule is CCNc1ccc(C(=O)N2CCCC(OCC)C2)c(C)c1. The van der Waals surface area contributed by atoms with Crippen LogP contribution in [0, 0.1) is 6.92 Å². The summed E-state index contributed by atoms with van der Waals surface area (Å²) in [6, 6.07) is 5.95. The second-order valence-corrected chi connectivity index (χ2v) is 5.53. The Kier molecular flexibility index (Phi) is 5.62. The Hall–Kier alpha value is -1.55. The molecule has 1 atom stereocenters. The summed E-state index contributed by atoms with van der Waals surface area (Å²) in [6.45, 7) is 9.20. The third-order valence-electron chi connectivity index (χ3n) is 3.91. The standard InChI is InChI=1S/C17H26N2O2/c1-4-18-14-8-9-16(13(3)11-14)17(20)19-10-6-7-15(12-19)21-5-2/h8-9,11,15,18H,4-7,10,12H2,1-3H3. The number of rotatable bonds is 5. The Labute approximate surface area is 127 Å². The van der Waals surface area contributed by atoms with Crippen molar-refractivity contribution in [2.45, 2.75) is 39.7 Å². The van der Waals surface area contributed by atoms with Crippen molar-refractivity contribution in [3.05, 3.63) is 29.3 Å². The number of amides is 1. The average Bonchev–Trinajstić information content (AvgIpc) is 2.48. The highest BCUT2D eigenvalue weighted by atomic mass is 16.5. The van der Waals surface area contributed by atoms with Crippen LogP contribution in [0.2, 0.25) is 0 Å². The van der Waals surface area contributed by atoms with Crippen LogP contribution >= 0.6 is 0 Å². The summed E-state index contributed by atoms with van der Waals surface area (Å²) in [5.74, 6) is 0.125. The molecule has 1 saturated heterocycles. The minimum atomic E-state index is 0.125. The lowest BCUT2D eigenvalue weighted by Crippen LogP contribution is -2.43. The van der Waals surface area contributed by atoms with Crippen LogP contribution in [0.1, 0.15) is 42.6 Å². The van der Waals surface area contributed by atoms with Crippen LogP contribution in [0.4, 0.5) is 5.69 Å². The number of likely N-dealkylation sites (tertiary alicyclic amines) is 1. The monoisotopic (exact) mass is 290 g/mol. The van der Waals surface area contributed by atoms with Gasteiger partial charge in [0.25, 0.3) is 5.91 Å². The molecule has 1 heterocycles. The van der Waals surface area contributed by atoms with E-state index >= 15 is 0 Å². The first-order valence-electron chi connectivity index (χ1n) is 7.91. The van der Waals surface area contributed by atoms with Gasteiger partial charge >= 0.3 is 0 Å². The van der Waals surface area contributed by atoms with Crippen LogP contribution in [0.5, 0.6) is 0 Å². The van der Waals surface area contributed by atoms with E-state index in [9.17, 15) is 4.79 Å². The molecule has 4 heteroatoms. The van der Waals surface area contributed by atoms with Crippen LogP contribution < -0.4 is 5.32 Å². The summed E-state index contributed by atoms with van der Waals surface area (Å²) in [6.07, 6.45) is 2.26. The van der Waals surface area contributed by atoms with Gasteiger partial charge in [-0.05, 0) is 57.4 Å². The van der Waals surface area contributed by atoms with Crippen molar-refractivity contribution in [3.8, 4) is 0 Å². The largest absolute Gasteiger partial charge is 0.385 e. The van der Waals surface area contributed by atoms with Gasteiger partial charge in [0.2, 0.25) is 0 Å². The number of hydrogen-bond donors (Lipinski definition) is 1. The Morgan fingerprint density at radius 2 is 2.24 bits per heavy atom. The molecule has 1 fully saturated rings. The highest BCUT2D eigenvalue weighted by molar-refractivity contribution is 5.96. The van der Waals surface area contributed by atoms with E-state index < -0.39 is 0 Å². The number of nitrogens with zero attached hydrogens (tertiary/aromatic N) is 1. The molecule has 2 rings (SSSR count). The van der Waals surface area contributed by atoms with Crippen LogP contribution in [0.25, 0.3) is 0 Å². The normalized spacial score (nSPS) is 18.6. The molecule has 0 aromatic heterocycles. The summed E-state index contributed by atoms with van der Waals surface area (Å²) in [4.78, 5) is 14.6. The average molecular weight is 290 g/mol. The predicted octanol–water partition coefficient (Wildman–Crippen LogP) is 3.07. The summed E-state index contributed by atoms with van der Waals surface area (Å²) in [5, 5.41) is 3.27. The van der Waals surface area contributed by atoms with Crippen molar-refractivity contribution < 1.29 is 9.53 Å². The predicted molar refractivity (Wildman–Crippen MR) is 85.9 cm³/mol. The van der Waals surface area contributed by atoms with E-state index in [1.54, 1.807) is 0 Å². The Balaban J connectivity index is 2.08. The van der Waals surface area contributed by atoms with Gasteiger partial charge < -0.3 is 15.0 Å². The maximum Gasteiger partial charge on any atom is 0.254 e. The fraction of sp³-hybridized carbons (Fsp3) is 0.588. The number of ether oxygens (including phenoxy) is 1. The summed E-state index contributed by atoms with van der Waals surface area (Å²) in [7, 11) is 0. The zero-order chi connectivity index (χ0) is 15.2. The number of carbonyl (C=O) groups is 1. The number of carbonyl (C=O) groups excluding carboxylic acids is 1. The molecule has 1 unspecified atom stereocenters. The first-order chi connectivity index (χ1) is 10.2. The lowest BCUT2D eigenvalue weighted by Gasteiger charge is -2.33. The number of benzene rings is 1. The molecule has 1 aliphatic rings. The molecule has 4 nitrogen and oxygen atoms in total. The van der Waals surface area contributed by atoms with Gasteiger partial charge in [-0.2, -0.15) is 0 Å². The molecule has 0 spiro atoms. The van der Waals surface area contributed by atoms with Gasteiger partial charge in [0.15, 0.2) is 0 Å². The van der Waals surface area contributed by atoms with Crippen LogP contribution in [-0.2, 0) is 4.74 Å². The number of nitrogens with one attached hydrogen (secondary N) is 1. The topological polar surface area (TPSA) is 41.6 Å². The van der Waals surface area contributed by atoms with Crippen molar-refractivity contribution in [2.24, 2.45) is 0 Å². The van der Waals surface area contributed by atoms with Crippen molar-refractivity contribution in [1.82, 2.24) is 4.90 Å². The lowest BCUT2D eigenvalue weighted by atomic mass is 10.0. The smallest absolute Gasteiger partial charge is 0.254 e. The van der Waals surface area contributed by atoms with Crippen LogP contribution in [0.3, 0.4) is 0 Å². The van der Waals surface area contributed by atoms with Gasteiger partial charge in [0.05, 0.1) is 6.10 Å². The molecule has 1 amide bonds. The first-order valence-corrected chi connectivity index (χ1v) is 7.91. The molecule has 0 bridgehead atoms. The summed E-state index contributed by atoms with van der Waals surface area (Å²) in [5.41, 5.74) is 2.89. The number of hydrogen-bond acceptors (Lipinski definition) is 3. The molecular formula is C17H26N2O2. The van der Waals surface area contributed by atoms with Crippen molar-refractivity contribution >= 4 is 11.6 Å². The van der Waals surface area contributed by atoms with E-state index in [-0.39, 0.29) is 12.0 Å². The molecular weight excluding hydrogens is 264 g/mol. The molecule has 0 saturated carbocycles. The molecule has 1 N–H and O–H groups in total. The van der Waals surface area contributed by atoms with Crippen molar-refractivity contribution in [2.75, 3.05) is 31.6 Å². The van der Waals surface area contributed by atoms with E-state index in [0.717, 1.165) is 42.7 Å². The second kappa shape index (κ2) is 7.46. The molecule has 0 radical (unpaired) electrons. The van der Waals surface area contributed by atoms with E-state index in [1.165, 1.54) is 0 Å². The van der Waals surface area contributed by atoms with Gasteiger partial charge in [0, 0.05) is 37.5 Å². The van der Waals surface area contributed by atoms with Gasteiger partial charge in [-0.25, -0.2) is 0 Å². The highest BCUT2D eigenvalue weighted by Crippen LogP contribution is 2.20. The van der Waals surface area contributed by atoms with E-state index in [4.69, 9.17) is 4.74 Å². The van der Waals surface area contributed by atoms with Gasteiger partial charge in [-0.15, -0.1) is 0 Å².